The molecule has 9 heteroatoms. The summed E-state index contributed by atoms with van der Waals surface area (Å²) in [7, 11) is -6.00. The molecule has 0 saturated heterocycles. The second kappa shape index (κ2) is 10.00. The smallest absolute Gasteiger partial charge is 0.456 e. The molecule has 32 heavy (non-hydrogen) atoms. The minimum atomic E-state index is -6.00. The first-order valence-electron chi connectivity index (χ1n) is 9.68. The van der Waals surface area contributed by atoms with Gasteiger partial charge in [0.1, 0.15) is 17.2 Å². The Bertz CT molecular complexity index is 1280. The molecule has 0 aliphatic rings. The normalized spacial score (nSPS) is 11.9. The molecule has 2 nitrogen and oxygen atoms in total. The van der Waals surface area contributed by atoms with E-state index in [4.69, 9.17) is 16.0 Å². The van der Waals surface area contributed by atoms with Crippen LogP contribution in [0.15, 0.2) is 77.2 Å². The van der Waals surface area contributed by atoms with E-state index in [2.05, 4.69) is 24.0 Å². The molecule has 1 aromatic heterocycles. The largest absolute Gasteiger partial charge is 0.673 e. The minimum absolute atomic E-state index is 0.0856. The molecule has 166 valence electrons. The van der Waals surface area contributed by atoms with Gasteiger partial charge < -0.3 is 21.7 Å². The molecule has 4 rings (SSSR count). The standard InChI is InChI=1S/C23H17ClFNO.BF4/c1-2-15-8-11-22-18(12-15)21(26-17-9-10-20(25)19(24)13-17)14-23(27-22)16-6-4-3-5-7-16;2-1(3,4)5/h3-14H,2H2,1H3;/q;-1/p+1. The molecule has 0 atom stereocenters. The molecule has 0 bridgehead atoms. The molecule has 0 aliphatic heterocycles. The number of aryl methyl sites for hydroxylation is 1. The van der Waals surface area contributed by atoms with Crippen molar-refractivity contribution in [2.75, 3.05) is 0 Å². The second-order valence-electron chi connectivity index (χ2n) is 6.82. The van der Waals surface area contributed by atoms with Gasteiger partial charge in [0.05, 0.1) is 16.5 Å². The zero-order valence-electron chi connectivity index (χ0n) is 16.9. The number of fused-ring (bicyclic) bond motifs is 1. The number of nitrogens with one attached hydrogen (secondary N) is 1. The molecule has 0 saturated carbocycles. The summed E-state index contributed by atoms with van der Waals surface area (Å²) in [4.78, 5) is 3.37. The van der Waals surface area contributed by atoms with E-state index in [0.29, 0.717) is 0 Å². The van der Waals surface area contributed by atoms with E-state index in [1.807, 2.05) is 42.5 Å². The van der Waals surface area contributed by atoms with E-state index in [1.165, 1.54) is 11.6 Å². The summed E-state index contributed by atoms with van der Waals surface area (Å²) in [5.74, 6) is 0.316. The van der Waals surface area contributed by atoms with Crippen molar-refractivity contribution in [2.45, 2.75) is 13.3 Å². The van der Waals surface area contributed by atoms with E-state index >= 15 is 0 Å². The van der Waals surface area contributed by atoms with Crippen LogP contribution in [0.1, 0.15) is 12.5 Å². The van der Waals surface area contributed by atoms with Gasteiger partial charge in [-0.05, 0) is 30.2 Å². The predicted molar refractivity (Wildman–Crippen MR) is 116 cm³/mol. The fourth-order valence-electron chi connectivity index (χ4n) is 3.03. The quantitative estimate of drug-likeness (QED) is 0.289. The SMILES string of the molecule is CCc1ccc2oc(-c3ccccc3)cc(=[NH+]c3ccc(F)c(Cl)c3)c2c1.F[B-](F)(F)F. The Morgan fingerprint density at radius 3 is 2.22 bits per heavy atom. The van der Waals surface area contributed by atoms with Gasteiger partial charge in [-0.3, -0.25) is 0 Å². The number of halogens is 6. The highest BCUT2D eigenvalue weighted by Gasteiger charge is 2.20. The van der Waals surface area contributed by atoms with Crippen molar-refractivity contribution in [1.82, 2.24) is 0 Å². The average Bonchev–Trinajstić information content (AvgIpc) is 2.75. The maximum absolute atomic E-state index is 13.5. The fraction of sp³-hybridized carbons (Fsp3) is 0.0870. The highest BCUT2D eigenvalue weighted by molar-refractivity contribution is 6.50. The predicted octanol–water partition coefficient (Wildman–Crippen LogP) is 6.07. The lowest BCUT2D eigenvalue weighted by molar-refractivity contribution is -0.400. The third-order valence-corrected chi connectivity index (χ3v) is 4.78. The zero-order valence-corrected chi connectivity index (χ0v) is 17.6. The van der Waals surface area contributed by atoms with Gasteiger partial charge in [0.2, 0.25) is 11.0 Å². The molecule has 4 aromatic rings. The Labute approximate surface area is 186 Å². The van der Waals surface area contributed by atoms with Crippen LogP contribution in [0.2, 0.25) is 5.02 Å². The van der Waals surface area contributed by atoms with Crippen LogP contribution < -0.4 is 10.3 Å². The van der Waals surface area contributed by atoms with Crippen LogP contribution in [0.3, 0.4) is 0 Å². The number of rotatable bonds is 3. The first kappa shape index (κ1) is 23.5. The van der Waals surface area contributed by atoms with Gasteiger partial charge in [-0.2, -0.15) is 0 Å². The zero-order chi connectivity index (χ0) is 23.3. The Morgan fingerprint density at radius 1 is 0.906 bits per heavy atom. The first-order chi connectivity index (χ1) is 15.1. The van der Waals surface area contributed by atoms with E-state index in [-0.39, 0.29) is 5.02 Å². The number of benzene rings is 3. The van der Waals surface area contributed by atoms with Crippen molar-refractivity contribution in [2.24, 2.45) is 0 Å². The van der Waals surface area contributed by atoms with Crippen LogP contribution in [0.25, 0.3) is 22.3 Å². The summed E-state index contributed by atoms with van der Waals surface area (Å²) < 4.78 is 58.6. The third-order valence-electron chi connectivity index (χ3n) is 4.49. The van der Waals surface area contributed by atoms with Crippen LogP contribution in [-0.4, -0.2) is 7.25 Å². The Morgan fingerprint density at radius 2 is 1.59 bits per heavy atom. The van der Waals surface area contributed by atoms with E-state index in [9.17, 15) is 21.7 Å². The van der Waals surface area contributed by atoms with Crippen LogP contribution in [0, 0.1) is 5.82 Å². The summed E-state index contributed by atoms with van der Waals surface area (Å²) in [6, 6.07) is 22.7. The topological polar surface area (TPSA) is 27.1 Å². The third kappa shape index (κ3) is 6.44. The van der Waals surface area contributed by atoms with Crippen LogP contribution >= 0.6 is 11.6 Å². The molecule has 0 fully saturated rings. The summed E-state index contributed by atoms with van der Waals surface area (Å²) in [6.45, 7) is 2.11. The number of hydrogen-bond acceptors (Lipinski definition) is 1. The monoisotopic (exact) mass is 465 g/mol. The van der Waals surface area contributed by atoms with Gasteiger partial charge >= 0.3 is 7.25 Å². The Balaban J connectivity index is 0.000000523. The average molecular weight is 466 g/mol. The summed E-state index contributed by atoms with van der Waals surface area (Å²) in [6.07, 6.45) is 0.929. The van der Waals surface area contributed by atoms with E-state index < -0.39 is 13.1 Å². The second-order valence-corrected chi connectivity index (χ2v) is 7.23. The Kier molecular flexibility index (Phi) is 7.35. The van der Waals surface area contributed by atoms with Crippen LogP contribution in [-0.2, 0) is 6.42 Å². The molecule has 0 radical (unpaired) electrons. The van der Waals surface area contributed by atoms with Crippen molar-refractivity contribution in [3.8, 4) is 11.3 Å². The lowest BCUT2D eigenvalue weighted by Gasteiger charge is -2.04. The van der Waals surface area contributed by atoms with Crippen molar-refractivity contribution in [3.05, 3.63) is 94.6 Å². The maximum atomic E-state index is 13.5. The molecule has 0 unspecified atom stereocenters. The summed E-state index contributed by atoms with van der Waals surface area (Å²) in [5.41, 5.74) is 3.70. The molecule has 1 N–H and O–H groups in total. The number of hydrogen-bond donors (Lipinski definition) is 1. The molecule has 0 spiro atoms. The van der Waals surface area contributed by atoms with Crippen LogP contribution in [0.5, 0.6) is 0 Å². The Hall–Kier alpha value is -3.13. The van der Waals surface area contributed by atoms with Crippen molar-refractivity contribution < 1.29 is 31.1 Å². The molecule has 0 aliphatic carbocycles. The van der Waals surface area contributed by atoms with E-state index in [0.717, 1.165) is 39.8 Å². The molecule has 1 heterocycles. The lowest BCUT2D eigenvalue weighted by atomic mass is 10.1. The van der Waals surface area contributed by atoms with Crippen molar-refractivity contribution in [3.63, 3.8) is 0 Å². The molecular weight excluding hydrogens is 448 g/mol. The van der Waals surface area contributed by atoms with Gasteiger partial charge in [0.25, 0.3) is 0 Å². The van der Waals surface area contributed by atoms with Crippen molar-refractivity contribution >= 4 is 35.5 Å². The molecule has 3 aromatic carbocycles. The fourth-order valence-corrected chi connectivity index (χ4v) is 3.21. The van der Waals surface area contributed by atoms with E-state index in [1.54, 1.807) is 12.1 Å². The molecule has 0 amide bonds. The van der Waals surface area contributed by atoms with Gasteiger partial charge in [0, 0.05) is 17.7 Å². The van der Waals surface area contributed by atoms with Gasteiger partial charge in [-0.1, -0.05) is 54.9 Å². The minimum Gasteiger partial charge on any atom is -0.456 e. The molecular formula is C23H18BClF5NO. The highest BCUT2D eigenvalue weighted by Crippen LogP contribution is 2.22. The summed E-state index contributed by atoms with van der Waals surface area (Å²) in [5, 5.41) is 1.94. The lowest BCUT2D eigenvalue weighted by Crippen LogP contribution is -2.70. The van der Waals surface area contributed by atoms with Crippen molar-refractivity contribution in [1.29, 1.82) is 0 Å². The van der Waals surface area contributed by atoms with Gasteiger partial charge in [-0.15, -0.1) is 0 Å². The highest BCUT2D eigenvalue weighted by atomic mass is 35.5. The summed E-state index contributed by atoms with van der Waals surface area (Å²) >= 11 is 5.94. The van der Waals surface area contributed by atoms with Gasteiger partial charge in [0.15, 0.2) is 0 Å². The maximum Gasteiger partial charge on any atom is 0.673 e. The van der Waals surface area contributed by atoms with Crippen LogP contribution in [0.4, 0.5) is 27.3 Å². The first-order valence-corrected chi connectivity index (χ1v) is 10.1. The van der Waals surface area contributed by atoms with Gasteiger partial charge in [-0.25, -0.2) is 9.38 Å².